The van der Waals surface area contributed by atoms with E-state index in [2.05, 4.69) is 4.99 Å². The molecule has 0 bridgehead atoms. The quantitative estimate of drug-likeness (QED) is 0.730. The minimum atomic E-state index is -0.461. The van der Waals surface area contributed by atoms with Crippen LogP contribution in [-0.4, -0.2) is 10.5 Å². The van der Waals surface area contributed by atoms with Crippen LogP contribution in [0, 0.1) is 5.82 Å². The fourth-order valence-corrected chi connectivity index (χ4v) is 2.27. The third-order valence-corrected chi connectivity index (χ3v) is 3.40. The molecule has 114 valence electrons. The van der Waals surface area contributed by atoms with Gasteiger partial charge in [0, 0.05) is 18.3 Å². The van der Waals surface area contributed by atoms with Gasteiger partial charge in [0.2, 0.25) is 0 Å². The van der Waals surface area contributed by atoms with E-state index in [1.54, 1.807) is 12.1 Å². The highest BCUT2D eigenvalue weighted by Crippen LogP contribution is 2.05. The first-order valence-corrected chi connectivity index (χ1v) is 7.26. The van der Waals surface area contributed by atoms with Crippen LogP contribution >= 0.6 is 0 Å². The molecule has 3 aromatic rings. The Bertz CT molecular complexity index is 885. The Balaban J connectivity index is 1.95. The Morgan fingerprint density at radius 1 is 0.957 bits per heavy atom. The first-order valence-electron chi connectivity index (χ1n) is 7.26. The number of aromatic nitrogens is 1. The summed E-state index contributed by atoms with van der Waals surface area (Å²) in [6.45, 7) is 0.608. The molecule has 0 aliphatic carbocycles. The molecule has 0 spiro atoms. The van der Waals surface area contributed by atoms with Crippen molar-refractivity contribution >= 4 is 5.91 Å². The minimum absolute atomic E-state index is 0.236. The highest BCUT2D eigenvalue weighted by Gasteiger charge is 2.05. The van der Waals surface area contributed by atoms with Gasteiger partial charge in [-0.05, 0) is 35.9 Å². The van der Waals surface area contributed by atoms with Crippen LogP contribution < -0.4 is 5.49 Å². The van der Waals surface area contributed by atoms with Crippen molar-refractivity contribution in [2.45, 2.75) is 6.54 Å². The predicted molar refractivity (Wildman–Crippen MR) is 86.3 cm³/mol. The van der Waals surface area contributed by atoms with Crippen LogP contribution in [-0.2, 0) is 6.54 Å². The molecule has 0 unspecified atom stereocenters. The highest BCUT2D eigenvalue weighted by atomic mass is 19.1. The molecular weight excluding hydrogens is 291 g/mol. The fraction of sp³-hybridized carbons (Fsp3) is 0.0526. The second-order valence-electron chi connectivity index (χ2n) is 5.10. The maximum absolute atomic E-state index is 13.2. The SMILES string of the molecule is O=C(N=c1ccccn1Cc1ccccc1)c1cccc(F)c1. The monoisotopic (exact) mass is 306 g/mol. The molecule has 3 nitrogen and oxygen atoms in total. The first kappa shape index (κ1) is 14.9. The summed E-state index contributed by atoms with van der Waals surface area (Å²) in [6, 6.07) is 20.9. The van der Waals surface area contributed by atoms with Gasteiger partial charge in [0.15, 0.2) is 0 Å². The molecule has 0 saturated carbocycles. The molecule has 0 aliphatic rings. The molecule has 0 radical (unpaired) electrons. The molecule has 2 aromatic carbocycles. The van der Waals surface area contributed by atoms with E-state index >= 15 is 0 Å². The summed E-state index contributed by atoms with van der Waals surface area (Å²) in [7, 11) is 0. The van der Waals surface area contributed by atoms with Crippen molar-refractivity contribution in [3.63, 3.8) is 0 Å². The zero-order chi connectivity index (χ0) is 16.1. The smallest absolute Gasteiger partial charge is 0.279 e. The van der Waals surface area contributed by atoms with Crippen LogP contribution in [0.1, 0.15) is 15.9 Å². The molecule has 0 atom stereocenters. The fourth-order valence-electron chi connectivity index (χ4n) is 2.27. The second kappa shape index (κ2) is 6.83. The van der Waals surface area contributed by atoms with Gasteiger partial charge >= 0.3 is 0 Å². The largest absolute Gasteiger partial charge is 0.328 e. The van der Waals surface area contributed by atoms with Crippen LogP contribution in [0.25, 0.3) is 0 Å². The average Bonchev–Trinajstić information content (AvgIpc) is 2.57. The van der Waals surface area contributed by atoms with Gasteiger partial charge in [0.05, 0.1) is 0 Å². The molecule has 0 fully saturated rings. The number of nitrogens with zero attached hydrogens (tertiary/aromatic N) is 2. The van der Waals surface area contributed by atoms with E-state index in [4.69, 9.17) is 0 Å². The molecule has 1 amide bonds. The van der Waals surface area contributed by atoms with Crippen LogP contribution in [0.4, 0.5) is 4.39 Å². The average molecular weight is 306 g/mol. The van der Waals surface area contributed by atoms with Gasteiger partial charge in [-0.3, -0.25) is 4.79 Å². The summed E-state index contributed by atoms with van der Waals surface area (Å²) < 4.78 is 15.1. The summed E-state index contributed by atoms with van der Waals surface area (Å²) in [4.78, 5) is 16.3. The Morgan fingerprint density at radius 3 is 2.52 bits per heavy atom. The van der Waals surface area contributed by atoms with E-state index < -0.39 is 11.7 Å². The lowest BCUT2D eigenvalue weighted by molar-refractivity contribution is 0.0996. The van der Waals surface area contributed by atoms with Crippen LogP contribution in [0.3, 0.4) is 0 Å². The number of benzene rings is 2. The highest BCUT2D eigenvalue weighted by molar-refractivity contribution is 5.94. The predicted octanol–water partition coefficient (Wildman–Crippen LogP) is 3.42. The van der Waals surface area contributed by atoms with Gasteiger partial charge in [-0.15, -0.1) is 0 Å². The summed E-state index contributed by atoms with van der Waals surface area (Å²) >= 11 is 0. The van der Waals surface area contributed by atoms with Crippen LogP contribution in [0.2, 0.25) is 0 Å². The topological polar surface area (TPSA) is 34.4 Å². The minimum Gasteiger partial charge on any atom is -0.328 e. The standard InChI is InChI=1S/C19H15FN2O/c20-17-10-6-9-16(13-17)19(23)21-18-11-4-5-12-22(18)14-15-7-2-1-3-8-15/h1-13H,14H2. The van der Waals surface area contributed by atoms with E-state index in [0.717, 1.165) is 5.56 Å². The van der Waals surface area contributed by atoms with Gasteiger partial charge in [-0.25, -0.2) is 4.39 Å². The molecule has 0 N–H and O–H groups in total. The Kier molecular flexibility index (Phi) is 4.43. The molecule has 0 saturated heterocycles. The van der Waals surface area contributed by atoms with Crippen molar-refractivity contribution in [3.8, 4) is 0 Å². The number of amides is 1. The molecule has 0 aliphatic heterocycles. The summed E-state index contributed by atoms with van der Waals surface area (Å²) in [5, 5.41) is 0. The van der Waals surface area contributed by atoms with Gasteiger partial charge in [-0.1, -0.05) is 42.5 Å². The maximum atomic E-state index is 13.2. The Labute approximate surface area is 133 Å². The first-order chi connectivity index (χ1) is 11.2. The lowest BCUT2D eigenvalue weighted by Gasteiger charge is -2.07. The molecule has 1 aromatic heterocycles. The van der Waals surface area contributed by atoms with E-state index in [1.807, 2.05) is 53.2 Å². The number of carbonyl (C=O) groups excluding carboxylic acids is 1. The van der Waals surface area contributed by atoms with Gasteiger partial charge in [0.25, 0.3) is 5.91 Å². The summed E-state index contributed by atoms with van der Waals surface area (Å²) in [5.74, 6) is -0.909. The van der Waals surface area contributed by atoms with Crippen LogP contribution in [0.5, 0.6) is 0 Å². The summed E-state index contributed by atoms with van der Waals surface area (Å²) in [5.41, 5.74) is 1.88. The van der Waals surface area contributed by atoms with Crippen LogP contribution in [0.15, 0.2) is 84.0 Å². The third-order valence-electron chi connectivity index (χ3n) is 3.40. The van der Waals surface area contributed by atoms with Crippen molar-refractivity contribution in [2.24, 2.45) is 4.99 Å². The normalized spacial score (nSPS) is 11.4. The van der Waals surface area contributed by atoms with Gasteiger partial charge < -0.3 is 4.57 Å². The van der Waals surface area contributed by atoms with E-state index in [-0.39, 0.29) is 5.56 Å². The van der Waals surface area contributed by atoms with Crippen molar-refractivity contribution in [1.29, 1.82) is 0 Å². The lowest BCUT2D eigenvalue weighted by atomic mass is 10.2. The van der Waals surface area contributed by atoms with E-state index in [9.17, 15) is 9.18 Å². The number of rotatable bonds is 3. The molecule has 3 rings (SSSR count). The summed E-state index contributed by atoms with van der Waals surface area (Å²) in [6.07, 6.45) is 1.87. The maximum Gasteiger partial charge on any atom is 0.279 e. The lowest BCUT2D eigenvalue weighted by Crippen LogP contribution is -2.22. The number of carbonyl (C=O) groups is 1. The zero-order valence-corrected chi connectivity index (χ0v) is 12.4. The van der Waals surface area contributed by atoms with E-state index in [0.29, 0.717) is 12.0 Å². The third kappa shape index (κ3) is 3.80. The zero-order valence-electron chi connectivity index (χ0n) is 12.4. The van der Waals surface area contributed by atoms with Gasteiger partial charge in [0.1, 0.15) is 11.3 Å². The van der Waals surface area contributed by atoms with Gasteiger partial charge in [-0.2, -0.15) is 4.99 Å². The number of pyridine rings is 1. The second-order valence-corrected chi connectivity index (χ2v) is 5.10. The van der Waals surface area contributed by atoms with Crippen molar-refractivity contribution in [1.82, 2.24) is 4.57 Å². The van der Waals surface area contributed by atoms with E-state index in [1.165, 1.54) is 18.2 Å². The van der Waals surface area contributed by atoms with Crippen molar-refractivity contribution in [3.05, 3.63) is 101 Å². The molecule has 4 heteroatoms. The number of halogens is 1. The van der Waals surface area contributed by atoms with Crippen molar-refractivity contribution < 1.29 is 9.18 Å². The van der Waals surface area contributed by atoms with Crippen molar-refractivity contribution in [2.75, 3.05) is 0 Å². The Hall–Kier alpha value is -3.01. The number of hydrogen-bond acceptors (Lipinski definition) is 1. The molecule has 23 heavy (non-hydrogen) atoms. The number of hydrogen-bond donors (Lipinski definition) is 0. The molecular formula is C19H15FN2O. The Morgan fingerprint density at radius 2 is 1.74 bits per heavy atom. The molecule has 1 heterocycles.